The molecular weight excluding hydrogens is 359 g/mol. The van der Waals surface area contributed by atoms with E-state index in [1.54, 1.807) is 13.0 Å². The molecule has 9 heteroatoms. The highest BCUT2D eigenvalue weighted by molar-refractivity contribution is 5.78. The van der Waals surface area contributed by atoms with Gasteiger partial charge in [0, 0.05) is 30.6 Å². The summed E-state index contributed by atoms with van der Waals surface area (Å²) in [4.78, 5) is 14.1. The van der Waals surface area contributed by atoms with Gasteiger partial charge in [-0.1, -0.05) is 6.92 Å². The van der Waals surface area contributed by atoms with Crippen LogP contribution in [0, 0.1) is 0 Å². The first-order chi connectivity index (χ1) is 12.7. The second-order valence-corrected chi connectivity index (χ2v) is 7.84. The van der Waals surface area contributed by atoms with Crippen LogP contribution in [0.4, 0.5) is 19.0 Å². The van der Waals surface area contributed by atoms with Crippen LogP contribution in [-0.2, 0) is 4.79 Å². The van der Waals surface area contributed by atoms with Crippen LogP contribution in [0.15, 0.2) is 6.07 Å². The average Bonchev–Trinajstić information content (AvgIpc) is 3.19. The number of aromatic nitrogens is 2. The smallest absolute Gasteiger partial charge is 0.368 e. The van der Waals surface area contributed by atoms with E-state index in [4.69, 9.17) is 0 Å². The van der Waals surface area contributed by atoms with E-state index in [0.29, 0.717) is 24.6 Å². The number of hydrogen-bond donors (Lipinski definition) is 2. The van der Waals surface area contributed by atoms with Crippen molar-refractivity contribution in [2.24, 2.45) is 0 Å². The van der Waals surface area contributed by atoms with Crippen molar-refractivity contribution in [2.75, 3.05) is 25.0 Å². The Morgan fingerprint density at radius 3 is 2.89 bits per heavy atom. The standard InChI is InChI=1S/C18H28F3N5O/c1-4-11(2)23-17(27)10-25-6-5-13(9-25)14-8-16-22-12(3)7-15(18(19,20)21)26(16)24-14/h8,11-13,15,22H,4-7,9-10H2,1-3H3,(H,23,27)/t11?,12-,13?,15-/m1/s1. The van der Waals surface area contributed by atoms with Crippen LogP contribution in [0.2, 0.25) is 0 Å². The zero-order valence-electron chi connectivity index (χ0n) is 16.0. The summed E-state index contributed by atoms with van der Waals surface area (Å²) in [5, 5.41) is 10.3. The molecule has 1 amide bonds. The normalized spacial score (nSPS) is 27.1. The van der Waals surface area contributed by atoms with Crippen molar-refractivity contribution >= 4 is 11.7 Å². The van der Waals surface area contributed by atoms with Gasteiger partial charge in [0.25, 0.3) is 0 Å². The molecule has 4 atom stereocenters. The molecule has 2 aliphatic rings. The lowest BCUT2D eigenvalue weighted by atomic mass is 10.0. The van der Waals surface area contributed by atoms with Gasteiger partial charge in [-0.2, -0.15) is 18.3 Å². The van der Waals surface area contributed by atoms with Gasteiger partial charge in [0.05, 0.1) is 12.2 Å². The number of nitrogens with zero attached hydrogens (tertiary/aromatic N) is 3. The Kier molecular flexibility index (Phi) is 5.69. The third-order valence-electron chi connectivity index (χ3n) is 5.48. The van der Waals surface area contributed by atoms with Crippen molar-refractivity contribution in [3.05, 3.63) is 11.8 Å². The molecule has 0 aromatic carbocycles. The first kappa shape index (κ1) is 20.0. The second-order valence-electron chi connectivity index (χ2n) is 7.84. The Labute approximate surface area is 157 Å². The number of halogens is 3. The van der Waals surface area contributed by atoms with Crippen LogP contribution in [0.1, 0.15) is 57.7 Å². The lowest BCUT2D eigenvalue weighted by molar-refractivity contribution is -0.173. The number of rotatable bonds is 5. The zero-order valence-corrected chi connectivity index (χ0v) is 16.0. The van der Waals surface area contributed by atoms with Crippen molar-refractivity contribution in [2.45, 2.75) is 70.3 Å². The van der Waals surface area contributed by atoms with Crippen molar-refractivity contribution in [3.8, 4) is 0 Å². The summed E-state index contributed by atoms with van der Waals surface area (Å²) in [5.74, 6) is 0.464. The maximum absolute atomic E-state index is 13.4. The Morgan fingerprint density at radius 1 is 1.48 bits per heavy atom. The first-order valence-corrected chi connectivity index (χ1v) is 9.61. The average molecular weight is 387 g/mol. The molecule has 3 rings (SSSR count). The largest absolute Gasteiger partial charge is 0.410 e. The highest BCUT2D eigenvalue weighted by Crippen LogP contribution is 2.40. The molecule has 6 nitrogen and oxygen atoms in total. The van der Waals surface area contributed by atoms with E-state index in [-0.39, 0.29) is 30.3 Å². The molecule has 0 saturated carbocycles. The topological polar surface area (TPSA) is 62.2 Å². The van der Waals surface area contributed by atoms with Crippen LogP contribution in [0.3, 0.4) is 0 Å². The molecule has 0 aliphatic carbocycles. The van der Waals surface area contributed by atoms with E-state index in [0.717, 1.165) is 24.1 Å². The number of likely N-dealkylation sites (tertiary alicyclic amines) is 1. The molecule has 0 radical (unpaired) electrons. The lowest BCUT2D eigenvalue weighted by Crippen LogP contribution is -2.40. The fraction of sp³-hybridized carbons (Fsp3) is 0.778. The summed E-state index contributed by atoms with van der Waals surface area (Å²) in [6, 6.07) is 0.0411. The summed E-state index contributed by atoms with van der Waals surface area (Å²) in [5.41, 5.74) is 0.672. The molecule has 152 valence electrons. The molecule has 0 spiro atoms. The van der Waals surface area contributed by atoms with E-state index in [2.05, 4.69) is 15.7 Å². The summed E-state index contributed by atoms with van der Waals surface area (Å²) < 4.78 is 41.2. The van der Waals surface area contributed by atoms with Gasteiger partial charge in [-0.05, 0) is 39.7 Å². The second kappa shape index (κ2) is 7.69. The molecular formula is C18H28F3N5O. The fourth-order valence-corrected chi connectivity index (χ4v) is 3.82. The molecule has 27 heavy (non-hydrogen) atoms. The highest BCUT2D eigenvalue weighted by atomic mass is 19.4. The van der Waals surface area contributed by atoms with Gasteiger partial charge in [-0.15, -0.1) is 0 Å². The molecule has 1 aromatic rings. The van der Waals surface area contributed by atoms with Gasteiger partial charge in [-0.25, -0.2) is 4.68 Å². The fourth-order valence-electron chi connectivity index (χ4n) is 3.82. The zero-order chi connectivity index (χ0) is 19.8. The van der Waals surface area contributed by atoms with E-state index >= 15 is 0 Å². The highest BCUT2D eigenvalue weighted by Gasteiger charge is 2.46. The van der Waals surface area contributed by atoms with Crippen LogP contribution in [0.5, 0.6) is 0 Å². The molecule has 3 heterocycles. The van der Waals surface area contributed by atoms with E-state index < -0.39 is 12.2 Å². The van der Waals surface area contributed by atoms with Crippen molar-refractivity contribution in [3.63, 3.8) is 0 Å². The minimum atomic E-state index is -4.32. The molecule has 2 unspecified atom stereocenters. The van der Waals surface area contributed by atoms with Crippen molar-refractivity contribution in [1.82, 2.24) is 20.0 Å². The van der Waals surface area contributed by atoms with Crippen LogP contribution in [-0.4, -0.2) is 58.5 Å². The molecule has 2 aliphatic heterocycles. The van der Waals surface area contributed by atoms with E-state index in [1.165, 1.54) is 0 Å². The minimum absolute atomic E-state index is 0.0123. The number of carbonyl (C=O) groups excluding carboxylic acids is 1. The number of alkyl halides is 3. The maximum atomic E-state index is 13.4. The third kappa shape index (κ3) is 4.56. The summed E-state index contributed by atoms with van der Waals surface area (Å²) >= 11 is 0. The summed E-state index contributed by atoms with van der Waals surface area (Å²) in [7, 11) is 0. The maximum Gasteiger partial charge on any atom is 0.410 e. The van der Waals surface area contributed by atoms with Gasteiger partial charge in [-0.3, -0.25) is 9.69 Å². The Morgan fingerprint density at radius 2 is 2.22 bits per heavy atom. The molecule has 0 bridgehead atoms. The minimum Gasteiger partial charge on any atom is -0.368 e. The predicted molar refractivity (Wildman–Crippen MR) is 96.7 cm³/mol. The molecule has 1 saturated heterocycles. The summed E-state index contributed by atoms with van der Waals surface area (Å²) in [6.45, 7) is 7.42. The van der Waals surface area contributed by atoms with Gasteiger partial charge in [0.1, 0.15) is 5.82 Å². The van der Waals surface area contributed by atoms with E-state index in [1.807, 2.05) is 18.7 Å². The number of hydrogen-bond acceptors (Lipinski definition) is 4. The van der Waals surface area contributed by atoms with Crippen molar-refractivity contribution in [1.29, 1.82) is 0 Å². The Balaban J connectivity index is 1.66. The van der Waals surface area contributed by atoms with Crippen molar-refractivity contribution < 1.29 is 18.0 Å². The Bertz CT molecular complexity index is 674. The number of amides is 1. The van der Waals surface area contributed by atoms with Crippen LogP contribution < -0.4 is 10.6 Å². The quantitative estimate of drug-likeness (QED) is 0.816. The molecule has 1 fully saturated rings. The van der Waals surface area contributed by atoms with Gasteiger partial charge < -0.3 is 10.6 Å². The van der Waals surface area contributed by atoms with E-state index in [9.17, 15) is 18.0 Å². The van der Waals surface area contributed by atoms with Crippen LogP contribution in [0.25, 0.3) is 0 Å². The lowest BCUT2D eigenvalue weighted by Gasteiger charge is -2.31. The molecule has 1 aromatic heterocycles. The van der Waals surface area contributed by atoms with Gasteiger partial charge in [0.2, 0.25) is 5.91 Å². The SMILES string of the molecule is CCC(C)NC(=O)CN1CCC(c2cc3n(n2)[C@@H](C(F)(F)F)C[C@@H](C)N3)C1. The van der Waals surface area contributed by atoms with Crippen LogP contribution >= 0.6 is 0 Å². The monoisotopic (exact) mass is 387 g/mol. The number of nitrogens with one attached hydrogen (secondary N) is 2. The number of carbonyl (C=O) groups is 1. The predicted octanol–water partition coefficient (Wildman–Crippen LogP) is 2.89. The third-order valence-corrected chi connectivity index (χ3v) is 5.48. The number of anilines is 1. The van der Waals surface area contributed by atoms with Gasteiger partial charge >= 0.3 is 6.18 Å². The first-order valence-electron chi connectivity index (χ1n) is 9.61. The summed E-state index contributed by atoms with van der Waals surface area (Å²) in [6.07, 6.45) is -2.67. The number of fused-ring (bicyclic) bond motifs is 1. The van der Waals surface area contributed by atoms with Gasteiger partial charge in [0.15, 0.2) is 6.04 Å². The molecule has 2 N–H and O–H groups in total. The Hall–Kier alpha value is -1.77.